The topological polar surface area (TPSA) is 39.9 Å². The fraction of sp³-hybridized carbons (Fsp3) is 0.833. The van der Waals surface area contributed by atoms with Crippen LogP contribution in [-0.4, -0.2) is 27.7 Å². The first-order chi connectivity index (χ1) is 7.25. The molecule has 1 rings (SSSR count). The molecule has 0 aliphatic carbocycles. The molecule has 92 valence electrons. The number of aryl methyl sites for hydroxylation is 1. The van der Waals surface area contributed by atoms with Crippen molar-refractivity contribution in [1.29, 1.82) is 0 Å². The van der Waals surface area contributed by atoms with E-state index in [4.69, 9.17) is 4.74 Å². The highest BCUT2D eigenvalue weighted by molar-refractivity contribution is 5.17. The van der Waals surface area contributed by atoms with Gasteiger partial charge in [0.15, 0.2) is 0 Å². The molecular weight excluding hydrogens is 202 g/mol. The maximum absolute atomic E-state index is 5.75. The van der Waals surface area contributed by atoms with Crippen molar-refractivity contribution >= 4 is 0 Å². The van der Waals surface area contributed by atoms with Crippen LogP contribution in [0.1, 0.15) is 40.3 Å². The third-order valence-electron chi connectivity index (χ3n) is 4.01. The molecule has 1 heterocycles. The summed E-state index contributed by atoms with van der Waals surface area (Å²) in [6.45, 7) is 10.8. The van der Waals surface area contributed by atoms with Crippen molar-refractivity contribution in [2.24, 2.45) is 13.0 Å². The molecule has 0 bridgehead atoms. The fourth-order valence-electron chi connectivity index (χ4n) is 2.10. The summed E-state index contributed by atoms with van der Waals surface area (Å²) in [6, 6.07) is 0. The Hall–Kier alpha value is -0.900. The molecule has 16 heavy (non-hydrogen) atoms. The van der Waals surface area contributed by atoms with Gasteiger partial charge in [-0.05, 0) is 12.8 Å². The second kappa shape index (κ2) is 4.17. The zero-order chi connectivity index (χ0) is 12.6. The van der Waals surface area contributed by atoms with Gasteiger partial charge in [-0.25, -0.2) is 0 Å². The molecule has 1 unspecified atom stereocenters. The minimum absolute atomic E-state index is 0.176. The van der Waals surface area contributed by atoms with E-state index in [9.17, 15) is 0 Å². The van der Waals surface area contributed by atoms with Gasteiger partial charge in [-0.15, -0.1) is 5.10 Å². The molecular formula is C12H23N3O. The Labute approximate surface area is 98.0 Å². The quantitative estimate of drug-likeness (QED) is 0.788. The molecule has 0 fully saturated rings. The number of rotatable bonds is 4. The van der Waals surface area contributed by atoms with Crippen molar-refractivity contribution in [3.05, 3.63) is 11.9 Å². The van der Waals surface area contributed by atoms with E-state index < -0.39 is 0 Å². The highest BCUT2D eigenvalue weighted by Crippen LogP contribution is 2.40. The van der Waals surface area contributed by atoms with E-state index in [1.807, 2.05) is 13.2 Å². The number of aromatic nitrogens is 3. The van der Waals surface area contributed by atoms with Crippen molar-refractivity contribution in [3.63, 3.8) is 0 Å². The van der Waals surface area contributed by atoms with Crippen molar-refractivity contribution in [3.8, 4) is 0 Å². The Morgan fingerprint density at radius 1 is 1.31 bits per heavy atom. The van der Waals surface area contributed by atoms with Crippen LogP contribution < -0.4 is 0 Å². The Morgan fingerprint density at radius 2 is 1.88 bits per heavy atom. The lowest BCUT2D eigenvalue weighted by molar-refractivity contribution is -0.0856. The van der Waals surface area contributed by atoms with Crippen LogP contribution in [0.2, 0.25) is 0 Å². The Morgan fingerprint density at radius 3 is 2.19 bits per heavy atom. The third-order valence-corrected chi connectivity index (χ3v) is 4.01. The zero-order valence-electron chi connectivity index (χ0n) is 11.4. The molecule has 0 aliphatic heterocycles. The van der Waals surface area contributed by atoms with Crippen molar-refractivity contribution in [2.45, 2.75) is 45.6 Å². The van der Waals surface area contributed by atoms with Crippen molar-refractivity contribution in [2.75, 3.05) is 7.11 Å². The molecule has 0 saturated carbocycles. The van der Waals surface area contributed by atoms with Crippen LogP contribution >= 0.6 is 0 Å². The molecule has 4 nitrogen and oxygen atoms in total. The van der Waals surface area contributed by atoms with Crippen molar-refractivity contribution in [1.82, 2.24) is 15.0 Å². The Kier molecular flexibility index (Phi) is 3.43. The number of hydrogen-bond donors (Lipinski definition) is 0. The normalized spacial score (nSPS) is 16.5. The van der Waals surface area contributed by atoms with Gasteiger partial charge >= 0.3 is 0 Å². The summed E-state index contributed by atoms with van der Waals surface area (Å²) in [5, 5.41) is 8.22. The van der Waals surface area contributed by atoms with Crippen LogP contribution in [0.15, 0.2) is 6.20 Å². The van der Waals surface area contributed by atoms with Gasteiger partial charge in [0.05, 0.1) is 11.3 Å². The maximum atomic E-state index is 5.75. The monoisotopic (exact) mass is 225 g/mol. The van der Waals surface area contributed by atoms with Gasteiger partial charge in [0.25, 0.3) is 0 Å². The molecule has 0 aromatic carbocycles. The summed E-state index contributed by atoms with van der Waals surface area (Å²) in [6.07, 6.45) is 1.96. The summed E-state index contributed by atoms with van der Waals surface area (Å²) < 4.78 is 7.48. The van der Waals surface area contributed by atoms with Crippen LogP contribution in [0, 0.1) is 5.92 Å². The predicted molar refractivity (Wildman–Crippen MR) is 64.3 cm³/mol. The van der Waals surface area contributed by atoms with Gasteiger partial charge in [0, 0.05) is 25.8 Å². The first-order valence-corrected chi connectivity index (χ1v) is 5.67. The Balaban J connectivity index is 3.18. The van der Waals surface area contributed by atoms with E-state index in [2.05, 4.69) is 44.9 Å². The van der Waals surface area contributed by atoms with Crippen molar-refractivity contribution < 1.29 is 4.74 Å². The summed E-state index contributed by atoms with van der Waals surface area (Å²) in [4.78, 5) is 0. The fourth-order valence-corrected chi connectivity index (χ4v) is 2.10. The Bertz CT molecular complexity index is 357. The van der Waals surface area contributed by atoms with Crippen LogP contribution in [0.4, 0.5) is 0 Å². The molecule has 0 spiro atoms. The van der Waals surface area contributed by atoms with Crippen LogP contribution in [0.25, 0.3) is 0 Å². The summed E-state index contributed by atoms with van der Waals surface area (Å²) in [7, 11) is 3.64. The smallest absolute Gasteiger partial charge is 0.0911 e. The van der Waals surface area contributed by atoms with Crippen LogP contribution in [-0.2, 0) is 17.2 Å². The van der Waals surface area contributed by atoms with Gasteiger partial charge in [-0.2, -0.15) is 0 Å². The molecule has 0 radical (unpaired) electrons. The highest BCUT2D eigenvalue weighted by atomic mass is 16.5. The summed E-state index contributed by atoms with van der Waals surface area (Å²) in [5.41, 5.74) is 0.528. The molecule has 1 aromatic heterocycles. The first kappa shape index (κ1) is 13.2. The molecule has 0 aliphatic rings. The number of methoxy groups -OCH3 is 1. The number of ether oxygens (including phenoxy) is 1. The van der Waals surface area contributed by atoms with E-state index >= 15 is 0 Å². The molecule has 0 saturated heterocycles. The van der Waals surface area contributed by atoms with Gasteiger partial charge in [-0.1, -0.05) is 32.9 Å². The lowest BCUT2D eigenvalue weighted by Crippen LogP contribution is -2.51. The lowest BCUT2D eigenvalue weighted by atomic mass is 9.68. The molecule has 1 atom stereocenters. The van der Waals surface area contributed by atoms with E-state index in [-0.39, 0.29) is 11.0 Å². The maximum Gasteiger partial charge on any atom is 0.0911 e. The predicted octanol–water partition coefficient (Wildman–Crippen LogP) is 2.15. The SMILES string of the molecule is COC(C)(C(C)C)C(C)(C)c1cn(C)nn1. The second-order valence-electron chi connectivity index (χ2n) is 5.37. The highest BCUT2D eigenvalue weighted by Gasteiger charge is 2.46. The molecule has 4 heteroatoms. The second-order valence-corrected chi connectivity index (χ2v) is 5.37. The number of nitrogens with zero attached hydrogens (tertiary/aromatic N) is 3. The summed E-state index contributed by atoms with van der Waals surface area (Å²) in [5.74, 6) is 0.398. The minimum Gasteiger partial charge on any atom is -0.377 e. The van der Waals surface area contributed by atoms with E-state index in [0.29, 0.717) is 5.92 Å². The van der Waals surface area contributed by atoms with Gasteiger partial charge in [0.1, 0.15) is 0 Å². The first-order valence-electron chi connectivity index (χ1n) is 5.67. The largest absolute Gasteiger partial charge is 0.377 e. The molecule has 0 N–H and O–H groups in total. The van der Waals surface area contributed by atoms with Gasteiger partial charge in [0.2, 0.25) is 0 Å². The average Bonchev–Trinajstić information content (AvgIpc) is 2.63. The standard InChI is InChI=1S/C12H23N3O/c1-9(2)12(5,16-7)11(3,4)10-8-15(6)14-13-10/h8-9H,1-7H3. The van der Waals surface area contributed by atoms with E-state index in [1.54, 1.807) is 11.8 Å². The number of hydrogen-bond acceptors (Lipinski definition) is 3. The van der Waals surface area contributed by atoms with E-state index in [1.165, 1.54) is 0 Å². The zero-order valence-corrected chi connectivity index (χ0v) is 11.4. The molecule has 0 amide bonds. The molecule has 1 aromatic rings. The van der Waals surface area contributed by atoms with Crippen LogP contribution in [0.5, 0.6) is 0 Å². The summed E-state index contributed by atoms with van der Waals surface area (Å²) >= 11 is 0. The van der Waals surface area contributed by atoms with Gasteiger partial charge < -0.3 is 4.74 Å². The van der Waals surface area contributed by atoms with E-state index in [0.717, 1.165) is 5.69 Å². The third kappa shape index (κ3) is 1.86. The van der Waals surface area contributed by atoms with Crippen LogP contribution in [0.3, 0.4) is 0 Å². The average molecular weight is 225 g/mol. The minimum atomic E-state index is -0.261. The van der Waals surface area contributed by atoms with Gasteiger partial charge in [-0.3, -0.25) is 4.68 Å². The lowest BCUT2D eigenvalue weighted by Gasteiger charge is -2.45.